The smallest absolute Gasteiger partial charge is 0.00668 e. The highest BCUT2D eigenvalue weighted by Gasteiger charge is 2.18. The zero-order valence-electron chi connectivity index (χ0n) is 13.0. The third-order valence-corrected chi connectivity index (χ3v) is 4.97. The molecule has 0 bridgehead atoms. The van der Waals surface area contributed by atoms with Crippen molar-refractivity contribution in [2.75, 3.05) is 7.05 Å². The van der Waals surface area contributed by atoms with E-state index in [1.54, 1.807) is 0 Å². The van der Waals surface area contributed by atoms with Gasteiger partial charge in [0.2, 0.25) is 0 Å². The highest BCUT2D eigenvalue weighted by Crippen LogP contribution is 2.30. The standard InChI is InChI=1S/C17H35N/c1-4-6-9-15(5-2)14-17(18-3)13-12-16-10-7-8-11-16/h15-18H,4-14H2,1-3H3. The first-order valence-electron chi connectivity index (χ1n) is 8.47. The van der Waals surface area contributed by atoms with Crippen molar-refractivity contribution in [2.24, 2.45) is 11.8 Å². The Kier molecular flexibility index (Phi) is 8.75. The lowest BCUT2D eigenvalue weighted by molar-refractivity contribution is 0.328. The summed E-state index contributed by atoms with van der Waals surface area (Å²) >= 11 is 0. The van der Waals surface area contributed by atoms with Gasteiger partial charge in [-0.1, -0.05) is 65.2 Å². The topological polar surface area (TPSA) is 12.0 Å². The summed E-state index contributed by atoms with van der Waals surface area (Å²) in [4.78, 5) is 0. The molecule has 0 amide bonds. The molecule has 1 aliphatic carbocycles. The lowest BCUT2D eigenvalue weighted by atomic mass is 9.88. The summed E-state index contributed by atoms with van der Waals surface area (Å²) in [6.45, 7) is 4.67. The minimum Gasteiger partial charge on any atom is -0.317 e. The minimum absolute atomic E-state index is 0.771. The Morgan fingerprint density at radius 1 is 1.11 bits per heavy atom. The molecule has 2 unspecified atom stereocenters. The van der Waals surface area contributed by atoms with E-state index in [-0.39, 0.29) is 0 Å². The van der Waals surface area contributed by atoms with Gasteiger partial charge in [0.05, 0.1) is 0 Å². The average molecular weight is 253 g/mol. The lowest BCUT2D eigenvalue weighted by Crippen LogP contribution is -2.28. The maximum atomic E-state index is 3.57. The van der Waals surface area contributed by atoms with Crippen molar-refractivity contribution in [3.05, 3.63) is 0 Å². The van der Waals surface area contributed by atoms with Gasteiger partial charge >= 0.3 is 0 Å². The molecular weight excluding hydrogens is 218 g/mol. The van der Waals surface area contributed by atoms with Gasteiger partial charge in [-0.15, -0.1) is 0 Å². The number of nitrogens with one attached hydrogen (secondary N) is 1. The van der Waals surface area contributed by atoms with Crippen molar-refractivity contribution in [3.8, 4) is 0 Å². The van der Waals surface area contributed by atoms with Crippen LogP contribution in [0.4, 0.5) is 0 Å². The molecule has 1 nitrogen and oxygen atoms in total. The lowest BCUT2D eigenvalue weighted by Gasteiger charge is -2.23. The largest absolute Gasteiger partial charge is 0.317 e. The number of unbranched alkanes of at least 4 members (excludes halogenated alkanes) is 1. The number of hydrogen-bond acceptors (Lipinski definition) is 1. The van der Waals surface area contributed by atoms with Gasteiger partial charge in [-0.3, -0.25) is 0 Å². The fourth-order valence-electron chi connectivity index (χ4n) is 3.50. The molecule has 18 heavy (non-hydrogen) atoms. The van der Waals surface area contributed by atoms with Gasteiger partial charge in [-0.05, 0) is 38.1 Å². The molecule has 0 saturated heterocycles. The van der Waals surface area contributed by atoms with Crippen LogP contribution in [0, 0.1) is 11.8 Å². The normalized spacial score (nSPS) is 20.2. The van der Waals surface area contributed by atoms with Crippen LogP contribution in [0.5, 0.6) is 0 Å². The summed E-state index contributed by atoms with van der Waals surface area (Å²) < 4.78 is 0. The van der Waals surface area contributed by atoms with Crippen LogP contribution in [0.3, 0.4) is 0 Å². The van der Waals surface area contributed by atoms with Gasteiger partial charge in [-0.25, -0.2) is 0 Å². The molecule has 0 aliphatic heterocycles. The van der Waals surface area contributed by atoms with Crippen LogP contribution in [0.1, 0.15) is 84.5 Å². The minimum atomic E-state index is 0.771. The Hall–Kier alpha value is -0.0400. The molecule has 2 atom stereocenters. The molecule has 1 N–H and O–H groups in total. The van der Waals surface area contributed by atoms with Crippen LogP contribution in [-0.2, 0) is 0 Å². The maximum absolute atomic E-state index is 3.57. The summed E-state index contributed by atoms with van der Waals surface area (Å²) in [5.74, 6) is 2.00. The van der Waals surface area contributed by atoms with Gasteiger partial charge in [0.1, 0.15) is 0 Å². The van der Waals surface area contributed by atoms with E-state index in [0.29, 0.717) is 0 Å². The Morgan fingerprint density at radius 3 is 2.39 bits per heavy atom. The molecule has 0 aromatic rings. The van der Waals surface area contributed by atoms with Gasteiger partial charge in [0.25, 0.3) is 0 Å². The quantitative estimate of drug-likeness (QED) is 0.567. The summed E-state index contributed by atoms with van der Waals surface area (Å²) in [6, 6.07) is 0.771. The molecular formula is C17H35N. The maximum Gasteiger partial charge on any atom is 0.00668 e. The highest BCUT2D eigenvalue weighted by molar-refractivity contribution is 4.74. The molecule has 1 heteroatoms. The molecule has 0 spiro atoms. The number of rotatable bonds is 10. The Bertz CT molecular complexity index is 184. The van der Waals surface area contributed by atoms with Crippen LogP contribution < -0.4 is 5.32 Å². The molecule has 0 aromatic carbocycles. The SMILES string of the molecule is CCCCC(CC)CC(CCC1CCCC1)NC. The second kappa shape index (κ2) is 9.83. The van der Waals surface area contributed by atoms with Crippen molar-refractivity contribution < 1.29 is 0 Å². The fourth-order valence-corrected chi connectivity index (χ4v) is 3.50. The summed E-state index contributed by atoms with van der Waals surface area (Å²) in [5, 5.41) is 3.57. The van der Waals surface area contributed by atoms with Crippen molar-refractivity contribution in [3.63, 3.8) is 0 Å². The number of hydrogen-bond donors (Lipinski definition) is 1. The molecule has 1 saturated carbocycles. The zero-order valence-corrected chi connectivity index (χ0v) is 13.0. The van der Waals surface area contributed by atoms with Gasteiger partial charge in [0, 0.05) is 6.04 Å². The van der Waals surface area contributed by atoms with Crippen molar-refractivity contribution in [2.45, 2.75) is 90.5 Å². The van der Waals surface area contributed by atoms with E-state index in [0.717, 1.165) is 17.9 Å². The first kappa shape index (κ1) is 16.0. The second-order valence-electron chi connectivity index (χ2n) is 6.37. The van der Waals surface area contributed by atoms with Crippen molar-refractivity contribution in [1.82, 2.24) is 5.32 Å². The zero-order chi connectivity index (χ0) is 13.2. The molecule has 0 heterocycles. The summed E-state index contributed by atoms with van der Waals surface area (Å²) in [6.07, 6.45) is 15.8. The van der Waals surface area contributed by atoms with E-state index in [4.69, 9.17) is 0 Å². The highest BCUT2D eigenvalue weighted by atomic mass is 14.9. The molecule has 0 aromatic heterocycles. The van der Waals surface area contributed by atoms with Crippen LogP contribution in [0.25, 0.3) is 0 Å². The van der Waals surface area contributed by atoms with E-state index in [1.165, 1.54) is 70.6 Å². The predicted molar refractivity (Wildman–Crippen MR) is 82.0 cm³/mol. The molecule has 1 aliphatic rings. The monoisotopic (exact) mass is 253 g/mol. The van der Waals surface area contributed by atoms with Crippen LogP contribution in [0.15, 0.2) is 0 Å². The third-order valence-electron chi connectivity index (χ3n) is 4.97. The first-order chi connectivity index (χ1) is 8.80. The Labute approximate surface area is 115 Å². The van der Waals surface area contributed by atoms with E-state index in [9.17, 15) is 0 Å². The third kappa shape index (κ3) is 6.22. The van der Waals surface area contributed by atoms with Crippen molar-refractivity contribution >= 4 is 0 Å². The summed E-state index contributed by atoms with van der Waals surface area (Å²) in [5.41, 5.74) is 0. The first-order valence-corrected chi connectivity index (χ1v) is 8.47. The molecule has 1 rings (SSSR count). The van der Waals surface area contributed by atoms with E-state index >= 15 is 0 Å². The molecule has 0 radical (unpaired) electrons. The van der Waals surface area contributed by atoms with Gasteiger partial charge in [-0.2, -0.15) is 0 Å². The average Bonchev–Trinajstić information content (AvgIpc) is 2.91. The molecule has 1 fully saturated rings. The summed E-state index contributed by atoms with van der Waals surface area (Å²) in [7, 11) is 2.16. The predicted octanol–water partition coefficient (Wildman–Crippen LogP) is 5.15. The van der Waals surface area contributed by atoms with Crippen molar-refractivity contribution in [1.29, 1.82) is 0 Å². The Morgan fingerprint density at radius 2 is 1.83 bits per heavy atom. The van der Waals surface area contributed by atoms with Gasteiger partial charge in [0.15, 0.2) is 0 Å². The Balaban J connectivity index is 2.21. The van der Waals surface area contributed by atoms with E-state index in [2.05, 4.69) is 26.2 Å². The fraction of sp³-hybridized carbons (Fsp3) is 1.00. The molecule has 108 valence electrons. The van der Waals surface area contributed by atoms with E-state index < -0.39 is 0 Å². The second-order valence-corrected chi connectivity index (χ2v) is 6.37. The van der Waals surface area contributed by atoms with Crippen LogP contribution >= 0.6 is 0 Å². The van der Waals surface area contributed by atoms with E-state index in [1.807, 2.05) is 0 Å². The van der Waals surface area contributed by atoms with Crippen LogP contribution in [-0.4, -0.2) is 13.1 Å². The van der Waals surface area contributed by atoms with Gasteiger partial charge < -0.3 is 5.32 Å². The van der Waals surface area contributed by atoms with Crippen LogP contribution in [0.2, 0.25) is 0 Å².